The SMILES string of the molecule is NCC(NCCC1CC1)c1ccc2c(c1)OCO2. The highest BCUT2D eigenvalue weighted by atomic mass is 16.7. The zero-order valence-electron chi connectivity index (χ0n) is 10.5. The van der Waals surface area contributed by atoms with Crippen molar-refractivity contribution in [2.75, 3.05) is 19.9 Å². The van der Waals surface area contributed by atoms with E-state index in [1.807, 2.05) is 12.1 Å². The monoisotopic (exact) mass is 248 g/mol. The van der Waals surface area contributed by atoms with Crippen LogP contribution in [0.3, 0.4) is 0 Å². The van der Waals surface area contributed by atoms with Crippen LogP contribution in [-0.4, -0.2) is 19.9 Å². The Morgan fingerprint density at radius 3 is 2.89 bits per heavy atom. The highest BCUT2D eigenvalue weighted by Crippen LogP contribution is 2.34. The largest absolute Gasteiger partial charge is 0.454 e. The van der Waals surface area contributed by atoms with Crippen molar-refractivity contribution in [3.63, 3.8) is 0 Å². The second kappa shape index (κ2) is 5.16. The molecule has 4 nitrogen and oxygen atoms in total. The van der Waals surface area contributed by atoms with E-state index >= 15 is 0 Å². The highest BCUT2D eigenvalue weighted by Gasteiger charge is 2.21. The summed E-state index contributed by atoms with van der Waals surface area (Å²) in [4.78, 5) is 0. The van der Waals surface area contributed by atoms with Gasteiger partial charge in [-0.25, -0.2) is 0 Å². The Bertz CT molecular complexity index is 418. The van der Waals surface area contributed by atoms with E-state index in [2.05, 4.69) is 11.4 Å². The first-order chi connectivity index (χ1) is 8.86. The fourth-order valence-electron chi connectivity index (χ4n) is 2.34. The van der Waals surface area contributed by atoms with E-state index in [1.54, 1.807) is 0 Å². The lowest BCUT2D eigenvalue weighted by Crippen LogP contribution is -2.29. The Morgan fingerprint density at radius 2 is 2.11 bits per heavy atom. The van der Waals surface area contributed by atoms with Gasteiger partial charge in [0.1, 0.15) is 0 Å². The topological polar surface area (TPSA) is 56.5 Å². The summed E-state index contributed by atoms with van der Waals surface area (Å²) in [6.07, 6.45) is 4.07. The second-order valence-electron chi connectivity index (χ2n) is 5.09. The van der Waals surface area contributed by atoms with Gasteiger partial charge < -0.3 is 20.5 Å². The molecule has 1 atom stereocenters. The van der Waals surface area contributed by atoms with Gasteiger partial charge in [0.25, 0.3) is 0 Å². The van der Waals surface area contributed by atoms with Crippen molar-refractivity contribution >= 4 is 0 Å². The van der Waals surface area contributed by atoms with E-state index in [9.17, 15) is 0 Å². The average molecular weight is 248 g/mol. The van der Waals surface area contributed by atoms with Crippen LogP contribution in [0.5, 0.6) is 11.5 Å². The Balaban J connectivity index is 1.62. The zero-order chi connectivity index (χ0) is 12.4. The maximum Gasteiger partial charge on any atom is 0.231 e. The van der Waals surface area contributed by atoms with Crippen molar-refractivity contribution in [2.45, 2.75) is 25.3 Å². The van der Waals surface area contributed by atoms with Crippen molar-refractivity contribution in [3.05, 3.63) is 23.8 Å². The maximum atomic E-state index is 5.85. The van der Waals surface area contributed by atoms with Gasteiger partial charge in [-0.1, -0.05) is 18.9 Å². The summed E-state index contributed by atoms with van der Waals surface area (Å²) < 4.78 is 10.7. The summed E-state index contributed by atoms with van der Waals surface area (Å²) in [6.45, 7) is 1.96. The molecular formula is C14H20N2O2. The number of nitrogens with one attached hydrogen (secondary N) is 1. The van der Waals surface area contributed by atoms with Crippen LogP contribution >= 0.6 is 0 Å². The second-order valence-corrected chi connectivity index (χ2v) is 5.09. The van der Waals surface area contributed by atoms with Crippen molar-refractivity contribution < 1.29 is 9.47 Å². The van der Waals surface area contributed by atoms with Gasteiger partial charge in [-0.3, -0.25) is 0 Å². The van der Waals surface area contributed by atoms with Gasteiger partial charge in [0.2, 0.25) is 6.79 Å². The third kappa shape index (κ3) is 2.60. The van der Waals surface area contributed by atoms with Gasteiger partial charge in [0.05, 0.1) is 0 Å². The molecule has 1 aromatic rings. The van der Waals surface area contributed by atoms with Gasteiger partial charge >= 0.3 is 0 Å². The van der Waals surface area contributed by atoms with Crippen LogP contribution in [0.1, 0.15) is 30.9 Å². The van der Waals surface area contributed by atoms with Crippen LogP contribution < -0.4 is 20.5 Å². The summed E-state index contributed by atoms with van der Waals surface area (Å²) in [7, 11) is 0. The number of rotatable bonds is 6. The molecule has 1 aliphatic heterocycles. The Morgan fingerprint density at radius 1 is 1.28 bits per heavy atom. The number of ether oxygens (including phenoxy) is 2. The molecule has 0 aromatic heterocycles. The summed E-state index contributed by atoms with van der Waals surface area (Å²) in [5.74, 6) is 2.61. The lowest BCUT2D eigenvalue weighted by molar-refractivity contribution is 0.174. The summed E-state index contributed by atoms with van der Waals surface area (Å²) in [5, 5.41) is 3.53. The highest BCUT2D eigenvalue weighted by molar-refractivity contribution is 5.45. The molecule has 1 heterocycles. The predicted octanol–water partition coefficient (Wildman–Crippen LogP) is 1.80. The number of nitrogens with two attached hydrogens (primary N) is 1. The molecule has 1 unspecified atom stereocenters. The van der Waals surface area contributed by atoms with Crippen molar-refractivity contribution in [1.29, 1.82) is 0 Å². The van der Waals surface area contributed by atoms with Crippen molar-refractivity contribution in [2.24, 2.45) is 11.7 Å². The third-order valence-corrected chi connectivity index (χ3v) is 3.67. The lowest BCUT2D eigenvalue weighted by Gasteiger charge is -2.17. The van der Waals surface area contributed by atoms with E-state index in [4.69, 9.17) is 15.2 Å². The van der Waals surface area contributed by atoms with E-state index in [-0.39, 0.29) is 6.04 Å². The number of hydrogen-bond acceptors (Lipinski definition) is 4. The van der Waals surface area contributed by atoms with Crippen LogP contribution in [0.25, 0.3) is 0 Å². The first-order valence-electron chi connectivity index (χ1n) is 6.70. The molecule has 0 amide bonds. The predicted molar refractivity (Wildman–Crippen MR) is 69.7 cm³/mol. The molecule has 0 saturated heterocycles. The van der Waals surface area contributed by atoms with Crippen molar-refractivity contribution in [3.8, 4) is 11.5 Å². The van der Waals surface area contributed by atoms with Crippen LogP contribution in [0.4, 0.5) is 0 Å². The summed E-state index contributed by atoms with van der Waals surface area (Å²) in [5.41, 5.74) is 7.03. The molecule has 1 aliphatic carbocycles. The molecule has 0 radical (unpaired) electrons. The lowest BCUT2D eigenvalue weighted by atomic mass is 10.1. The van der Waals surface area contributed by atoms with Gasteiger partial charge in [-0.2, -0.15) is 0 Å². The Hall–Kier alpha value is -1.26. The standard InChI is InChI=1S/C14H20N2O2/c15-8-12(16-6-5-10-1-2-10)11-3-4-13-14(7-11)18-9-17-13/h3-4,7,10,12,16H,1-2,5-6,8-9,15H2. The van der Waals surface area contributed by atoms with Crippen LogP contribution in [0.2, 0.25) is 0 Å². The van der Waals surface area contributed by atoms with Gasteiger partial charge in [0, 0.05) is 12.6 Å². The molecule has 1 aromatic carbocycles. The molecule has 3 N–H and O–H groups in total. The third-order valence-electron chi connectivity index (χ3n) is 3.67. The quantitative estimate of drug-likeness (QED) is 0.806. The van der Waals surface area contributed by atoms with Crippen LogP contribution in [0.15, 0.2) is 18.2 Å². The Kier molecular flexibility index (Phi) is 3.39. The van der Waals surface area contributed by atoms with Crippen molar-refractivity contribution in [1.82, 2.24) is 5.32 Å². The normalized spacial score (nSPS) is 18.9. The number of fused-ring (bicyclic) bond motifs is 1. The van der Waals surface area contributed by atoms with E-state index in [1.165, 1.54) is 24.8 Å². The fraction of sp³-hybridized carbons (Fsp3) is 0.571. The molecule has 3 rings (SSSR count). The number of benzene rings is 1. The fourth-order valence-corrected chi connectivity index (χ4v) is 2.34. The first kappa shape index (κ1) is 11.8. The van der Waals surface area contributed by atoms with Crippen LogP contribution in [-0.2, 0) is 0 Å². The number of hydrogen-bond donors (Lipinski definition) is 2. The van der Waals surface area contributed by atoms with E-state index < -0.39 is 0 Å². The molecule has 1 fully saturated rings. The molecule has 1 saturated carbocycles. The zero-order valence-corrected chi connectivity index (χ0v) is 10.5. The molecule has 18 heavy (non-hydrogen) atoms. The summed E-state index contributed by atoms with van der Waals surface area (Å²) >= 11 is 0. The molecular weight excluding hydrogens is 228 g/mol. The molecule has 98 valence electrons. The molecule has 4 heteroatoms. The van der Waals surface area contributed by atoms with E-state index in [0.717, 1.165) is 24.0 Å². The average Bonchev–Trinajstić information content (AvgIpc) is 3.10. The van der Waals surface area contributed by atoms with Gasteiger partial charge in [-0.15, -0.1) is 0 Å². The Labute approximate surface area is 107 Å². The van der Waals surface area contributed by atoms with Gasteiger partial charge in [0.15, 0.2) is 11.5 Å². The van der Waals surface area contributed by atoms with E-state index in [0.29, 0.717) is 13.3 Å². The first-order valence-corrected chi connectivity index (χ1v) is 6.70. The molecule has 0 bridgehead atoms. The van der Waals surface area contributed by atoms with Gasteiger partial charge in [-0.05, 0) is 36.6 Å². The minimum absolute atomic E-state index is 0.207. The van der Waals surface area contributed by atoms with Crippen LogP contribution in [0, 0.1) is 5.92 Å². The molecule has 2 aliphatic rings. The minimum atomic E-state index is 0.207. The summed E-state index contributed by atoms with van der Waals surface area (Å²) in [6, 6.07) is 6.26. The molecule has 0 spiro atoms. The smallest absolute Gasteiger partial charge is 0.231 e. The minimum Gasteiger partial charge on any atom is -0.454 e. The maximum absolute atomic E-state index is 5.85.